The first-order chi connectivity index (χ1) is 13.2. The van der Waals surface area contributed by atoms with Crippen LogP contribution in [0.25, 0.3) is 0 Å². The summed E-state index contributed by atoms with van der Waals surface area (Å²) in [5, 5.41) is 0. The van der Waals surface area contributed by atoms with Crippen molar-refractivity contribution in [3.05, 3.63) is 71.3 Å². The van der Waals surface area contributed by atoms with Crippen LogP contribution in [0, 0.1) is 0 Å². The number of nitrogens with zero attached hydrogens (tertiary/aromatic N) is 2. The van der Waals surface area contributed by atoms with Crippen LogP contribution >= 0.6 is 0 Å². The summed E-state index contributed by atoms with van der Waals surface area (Å²) < 4.78 is 11.1. The minimum Gasteiger partial charge on any atom is -0.466 e. The van der Waals surface area contributed by atoms with Crippen molar-refractivity contribution in [2.45, 2.75) is 25.6 Å². The van der Waals surface area contributed by atoms with Crippen molar-refractivity contribution in [1.82, 2.24) is 4.90 Å². The van der Waals surface area contributed by atoms with E-state index in [0.29, 0.717) is 12.4 Å². The van der Waals surface area contributed by atoms with Crippen molar-refractivity contribution in [3.8, 4) is 0 Å². The van der Waals surface area contributed by atoms with Crippen LogP contribution in [0.5, 0.6) is 0 Å². The van der Waals surface area contributed by atoms with Crippen LogP contribution in [0.2, 0.25) is 0 Å². The van der Waals surface area contributed by atoms with Gasteiger partial charge in [-0.2, -0.15) is 0 Å². The zero-order valence-electron chi connectivity index (χ0n) is 15.0. The molecule has 6 heteroatoms. The summed E-state index contributed by atoms with van der Waals surface area (Å²) in [7, 11) is 0. The molecule has 2 aromatic rings. The van der Waals surface area contributed by atoms with E-state index in [4.69, 9.17) is 9.47 Å². The average Bonchev–Trinajstić information content (AvgIpc) is 3.09. The van der Waals surface area contributed by atoms with Crippen LogP contribution in [0.3, 0.4) is 0 Å². The molecule has 138 valence electrons. The second-order valence-electron chi connectivity index (χ2n) is 6.48. The summed E-state index contributed by atoms with van der Waals surface area (Å²) >= 11 is 0. The molecule has 2 aliphatic heterocycles. The van der Waals surface area contributed by atoms with Crippen LogP contribution in [0.1, 0.15) is 29.7 Å². The zero-order valence-corrected chi connectivity index (χ0v) is 15.0. The largest absolute Gasteiger partial charge is 0.466 e. The van der Waals surface area contributed by atoms with Crippen LogP contribution in [0.15, 0.2) is 59.6 Å². The van der Waals surface area contributed by atoms with Gasteiger partial charge in [0.05, 0.1) is 6.61 Å². The number of aliphatic imine (C=N–C) groups is 1. The summed E-state index contributed by atoms with van der Waals surface area (Å²) in [5.41, 5.74) is 2.71. The zero-order chi connectivity index (χ0) is 18.8. The smallest absolute Gasteiger partial charge is 0.325 e. The SMILES string of the molecule is CCOC(=O)CN1Cc2ccccc2C2OC(c3ccccc3)=NC2C1=O. The molecule has 0 radical (unpaired) electrons. The number of hydrogen-bond acceptors (Lipinski definition) is 5. The van der Waals surface area contributed by atoms with E-state index in [9.17, 15) is 9.59 Å². The first-order valence-corrected chi connectivity index (χ1v) is 8.99. The molecular formula is C21H20N2O4. The lowest BCUT2D eigenvalue weighted by Gasteiger charge is -2.21. The molecule has 0 aliphatic carbocycles. The van der Waals surface area contributed by atoms with Gasteiger partial charge in [-0.05, 0) is 24.6 Å². The van der Waals surface area contributed by atoms with E-state index in [1.54, 1.807) is 6.92 Å². The molecule has 27 heavy (non-hydrogen) atoms. The van der Waals surface area contributed by atoms with Gasteiger partial charge in [0.15, 0.2) is 12.1 Å². The van der Waals surface area contributed by atoms with Crippen molar-refractivity contribution < 1.29 is 19.1 Å². The summed E-state index contributed by atoms with van der Waals surface area (Å²) in [5.74, 6) is -0.199. The molecule has 0 fully saturated rings. The Kier molecular flexibility index (Phi) is 4.62. The molecule has 2 heterocycles. The molecular weight excluding hydrogens is 344 g/mol. The third-order valence-electron chi connectivity index (χ3n) is 4.72. The van der Waals surface area contributed by atoms with Gasteiger partial charge in [0.25, 0.3) is 5.91 Å². The molecule has 6 nitrogen and oxygen atoms in total. The molecule has 2 atom stereocenters. The van der Waals surface area contributed by atoms with Crippen LogP contribution in [-0.4, -0.2) is 41.9 Å². The van der Waals surface area contributed by atoms with Gasteiger partial charge >= 0.3 is 5.97 Å². The quantitative estimate of drug-likeness (QED) is 0.782. The molecule has 0 bridgehead atoms. The maximum Gasteiger partial charge on any atom is 0.325 e. The van der Waals surface area contributed by atoms with E-state index in [-0.39, 0.29) is 19.1 Å². The Bertz CT molecular complexity index is 894. The van der Waals surface area contributed by atoms with Gasteiger partial charge in [0, 0.05) is 17.7 Å². The Hall–Kier alpha value is -3.15. The molecule has 0 aromatic heterocycles. The highest BCUT2D eigenvalue weighted by molar-refractivity contribution is 5.99. The number of carbonyl (C=O) groups is 2. The first kappa shape index (κ1) is 17.3. The molecule has 2 aliphatic rings. The topological polar surface area (TPSA) is 68.2 Å². The molecule has 0 saturated heterocycles. The molecule has 0 saturated carbocycles. The summed E-state index contributed by atoms with van der Waals surface area (Å²) in [4.78, 5) is 31.2. The van der Waals surface area contributed by atoms with E-state index in [1.807, 2.05) is 54.6 Å². The highest BCUT2D eigenvalue weighted by Crippen LogP contribution is 2.37. The van der Waals surface area contributed by atoms with Gasteiger partial charge in [0.2, 0.25) is 5.90 Å². The summed E-state index contributed by atoms with van der Waals surface area (Å²) in [6.07, 6.45) is -0.490. The van der Waals surface area contributed by atoms with Gasteiger partial charge < -0.3 is 14.4 Å². The van der Waals surface area contributed by atoms with Crippen molar-refractivity contribution in [1.29, 1.82) is 0 Å². The second kappa shape index (κ2) is 7.23. The standard InChI is InChI=1S/C21H20N2O4/c1-2-26-17(24)13-23-12-15-10-6-7-11-16(15)19-18(21(23)25)22-20(27-19)14-8-4-3-5-9-14/h3-11,18-19H,2,12-13H2,1H3. The van der Waals surface area contributed by atoms with Gasteiger partial charge in [-0.25, -0.2) is 4.99 Å². The summed E-state index contributed by atoms with van der Waals surface area (Å²) in [6, 6.07) is 16.6. The average molecular weight is 364 g/mol. The lowest BCUT2D eigenvalue weighted by molar-refractivity contribution is -0.150. The fraction of sp³-hybridized carbons (Fsp3) is 0.286. The maximum absolute atomic E-state index is 13.1. The van der Waals surface area contributed by atoms with Gasteiger partial charge in [0.1, 0.15) is 6.54 Å². The second-order valence-corrected chi connectivity index (χ2v) is 6.48. The minimum atomic E-state index is -0.710. The molecule has 2 unspecified atom stereocenters. The maximum atomic E-state index is 13.1. The normalized spacial score (nSPS) is 20.9. The molecule has 2 aromatic carbocycles. The van der Waals surface area contributed by atoms with E-state index in [2.05, 4.69) is 4.99 Å². The van der Waals surface area contributed by atoms with Crippen molar-refractivity contribution in [2.75, 3.05) is 13.2 Å². The first-order valence-electron chi connectivity index (χ1n) is 8.99. The van der Waals surface area contributed by atoms with Crippen molar-refractivity contribution in [3.63, 3.8) is 0 Å². The van der Waals surface area contributed by atoms with E-state index >= 15 is 0 Å². The highest BCUT2D eigenvalue weighted by atomic mass is 16.5. The summed E-state index contributed by atoms with van der Waals surface area (Å²) in [6.45, 7) is 2.26. The van der Waals surface area contributed by atoms with Crippen LogP contribution in [-0.2, 0) is 25.6 Å². The van der Waals surface area contributed by atoms with Crippen LogP contribution < -0.4 is 0 Å². The Balaban J connectivity index is 1.70. The van der Waals surface area contributed by atoms with E-state index < -0.39 is 18.1 Å². The number of rotatable bonds is 4. The lowest BCUT2D eigenvalue weighted by atomic mass is 9.99. The van der Waals surface area contributed by atoms with Gasteiger partial charge in [-0.1, -0.05) is 42.5 Å². The molecule has 4 rings (SSSR count). The predicted molar refractivity (Wildman–Crippen MR) is 99.1 cm³/mol. The van der Waals surface area contributed by atoms with Crippen molar-refractivity contribution in [2.24, 2.45) is 4.99 Å². The molecule has 0 N–H and O–H groups in total. The number of carbonyl (C=O) groups excluding carboxylic acids is 2. The van der Waals surface area contributed by atoms with Gasteiger partial charge in [-0.15, -0.1) is 0 Å². The Morgan fingerprint density at radius 2 is 1.93 bits per heavy atom. The number of fused-ring (bicyclic) bond motifs is 3. The Morgan fingerprint density at radius 3 is 2.70 bits per heavy atom. The molecule has 0 spiro atoms. The third kappa shape index (κ3) is 3.30. The third-order valence-corrected chi connectivity index (χ3v) is 4.72. The number of esters is 1. The Labute approximate surface area is 157 Å². The van der Waals surface area contributed by atoms with Crippen molar-refractivity contribution >= 4 is 17.8 Å². The fourth-order valence-electron chi connectivity index (χ4n) is 3.47. The van der Waals surface area contributed by atoms with Gasteiger partial charge in [-0.3, -0.25) is 9.59 Å². The van der Waals surface area contributed by atoms with E-state index in [0.717, 1.165) is 16.7 Å². The Morgan fingerprint density at radius 1 is 1.19 bits per heavy atom. The fourth-order valence-corrected chi connectivity index (χ4v) is 3.47. The number of hydrogen-bond donors (Lipinski definition) is 0. The van der Waals surface area contributed by atoms with E-state index in [1.165, 1.54) is 4.90 Å². The number of benzene rings is 2. The number of amides is 1. The predicted octanol–water partition coefficient (Wildman–Crippen LogP) is 2.48. The number of ether oxygens (including phenoxy) is 2. The lowest BCUT2D eigenvalue weighted by Crippen LogP contribution is -2.40. The minimum absolute atomic E-state index is 0.0968. The van der Waals surface area contributed by atoms with Crippen LogP contribution in [0.4, 0.5) is 0 Å². The highest BCUT2D eigenvalue weighted by Gasteiger charge is 2.43. The molecule has 1 amide bonds. The monoisotopic (exact) mass is 364 g/mol.